The predicted octanol–water partition coefficient (Wildman–Crippen LogP) is 9.32. The zero-order valence-electron chi connectivity index (χ0n) is 29.2. The lowest BCUT2D eigenvalue weighted by atomic mass is 9.73. The van der Waals surface area contributed by atoms with E-state index in [4.69, 9.17) is 9.72 Å². The Hall–Kier alpha value is -4.71. The molecule has 5 aromatic rings. The fourth-order valence-corrected chi connectivity index (χ4v) is 8.61. The van der Waals surface area contributed by atoms with Crippen molar-refractivity contribution >= 4 is 17.1 Å². The summed E-state index contributed by atoms with van der Waals surface area (Å²) >= 11 is 0. The Balaban J connectivity index is 1.01. The first-order valence-corrected chi connectivity index (χ1v) is 18.0. The van der Waals surface area contributed by atoms with Crippen LogP contribution in [-0.4, -0.2) is 61.5 Å². The largest absolute Gasteiger partial charge is 0.444 e. The molecular formula is C40H40F4N6O2. The Kier molecular flexibility index (Phi) is 7.42. The van der Waals surface area contributed by atoms with Crippen LogP contribution in [0.4, 0.5) is 22.4 Å². The summed E-state index contributed by atoms with van der Waals surface area (Å²) in [5.74, 6) is -3.83. The summed E-state index contributed by atoms with van der Waals surface area (Å²) in [6.45, 7) is 4.08. The normalized spacial score (nSPS) is 24.6. The van der Waals surface area contributed by atoms with Crippen LogP contribution in [0.2, 0.25) is 0 Å². The summed E-state index contributed by atoms with van der Waals surface area (Å²) in [6.07, 6.45) is 3.47. The molecule has 12 heteroatoms. The smallest absolute Gasteiger partial charge is 0.411 e. The van der Waals surface area contributed by atoms with Gasteiger partial charge in [0.15, 0.2) is 0 Å². The Morgan fingerprint density at radius 3 is 2.35 bits per heavy atom. The number of benzene rings is 3. The average Bonchev–Trinajstić information content (AvgIpc) is 3.89. The first-order chi connectivity index (χ1) is 24.7. The van der Waals surface area contributed by atoms with Crippen LogP contribution in [0.1, 0.15) is 87.2 Å². The first-order valence-electron chi connectivity index (χ1n) is 18.0. The number of nitrogens with zero attached hydrogens (tertiary/aromatic N) is 3. The monoisotopic (exact) mass is 712 g/mol. The number of aromatic nitrogens is 4. The van der Waals surface area contributed by atoms with Gasteiger partial charge < -0.3 is 20.0 Å². The van der Waals surface area contributed by atoms with Crippen LogP contribution in [0, 0.1) is 5.92 Å². The van der Waals surface area contributed by atoms with Crippen molar-refractivity contribution in [1.29, 1.82) is 0 Å². The third kappa shape index (κ3) is 5.84. The number of carbonyl (C=O) groups excluding carboxylic acids is 1. The Labute approximate surface area is 298 Å². The van der Waals surface area contributed by atoms with E-state index < -0.39 is 48.6 Å². The summed E-state index contributed by atoms with van der Waals surface area (Å²) in [5, 5.41) is 2.86. The molecule has 4 aliphatic rings. The molecule has 3 aromatic carbocycles. The number of hydrogen-bond donors (Lipinski definition) is 3. The number of ether oxygens (including phenoxy) is 1. The molecule has 0 radical (unpaired) electrons. The number of hydrogen-bond acceptors (Lipinski definition) is 5. The van der Waals surface area contributed by atoms with Gasteiger partial charge in [-0.25, -0.2) is 32.3 Å². The molecule has 1 saturated carbocycles. The summed E-state index contributed by atoms with van der Waals surface area (Å²) < 4.78 is 62.3. The van der Waals surface area contributed by atoms with Crippen molar-refractivity contribution in [3.05, 3.63) is 83.6 Å². The number of aromatic amines is 2. The van der Waals surface area contributed by atoms with Crippen molar-refractivity contribution in [3.63, 3.8) is 0 Å². The number of fused-ring (bicyclic) bond motifs is 4. The van der Waals surface area contributed by atoms with E-state index in [9.17, 15) is 22.4 Å². The predicted molar refractivity (Wildman–Crippen MR) is 189 cm³/mol. The molecule has 4 heterocycles. The average molecular weight is 713 g/mol. The van der Waals surface area contributed by atoms with Crippen LogP contribution in [0.5, 0.6) is 0 Å². The zero-order valence-corrected chi connectivity index (χ0v) is 29.2. The number of alkyl halides is 4. The van der Waals surface area contributed by atoms with Gasteiger partial charge in [0.05, 0.1) is 48.1 Å². The highest BCUT2D eigenvalue weighted by Gasteiger charge is 2.50. The lowest BCUT2D eigenvalue weighted by molar-refractivity contribution is -0.00248. The van der Waals surface area contributed by atoms with Crippen molar-refractivity contribution in [3.8, 4) is 33.5 Å². The van der Waals surface area contributed by atoms with Crippen molar-refractivity contribution in [1.82, 2.24) is 30.2 Å². The second-order valence-corrected chi connectivity index (χ2v) is 16.0. The van der Waals surface area contributed by atoms with Crippen LogP contribution in [0.3, 0.4) is 0 Å². The number of amides is 1. The quantitative estimate of drug-likeness (QED) is 0.158. The molecule has 2 aliphatic carbocycles. The van der Waals surface area contributed by atoms with Crippen LogP contribution < -0.4 is 5.32 Å². The molecule has 2 saturated heterocycles. The molecule has 9 rings (SSSR count). The minimum atomic E-state index is -3.05. The van der Waals surface area contributed by atoms with E-state index in [2.05, 4.69) is 44.5 Å². The van der Waals surface area contributed by atoms with Gasteiger partial charge in [0.1, 0.15) is 17.2 Å². The highest BCUT2D eigenvalue weighted by Crippen LogP contribution is 2.56. The minimum Gasteiger partial charge on any atom is -0.444 e. The second-order valence-electron chi connectivity index (χ2n) is 16.0. The molecule has 2 unspecified atom stereocenters. The fraction of sp³-hybridized carbons (Fsp3) is 0.425. The summed E-state index contributed by atoms with van der Waals surface area (Å²) in [4.78, 5) is 29.6. The number of likely N-dealkylation sites (tertiary alicyclic amines) is 1. The topological polar surface area (TPSA) is 98.9 Å². The molecule has 270 valence electrons. The zero-order chi connectivity index (χ0) is 36.2. The lowest BCUT2D eigenvalue weighted by Crippen LogP contribution is -2.38. The molecule has 4 atom stereocenters. The van der Waals surface area contributed by atoms with Gasteiger partial charge in [-0.05, 0) is 103 Å². The Morgan fingerprint density at radius 1 is 0.885 bits per heavy atom. The van der Waals surface area contributed by atoms with Crippen LogP contribution in [0.25, 0.3) is 44.5 Å². The number of imidazole rings is 2. The third-order valence-electron chi connectivity index (χ3n) is 11.2. The van der Waals surface area contributed by atoms with Gasteiger partial charge in [0, 0.05) is 12.8 Å². The maximum atomic E-state index is 14.7. The van der Waals surface area contributed by atoms with E-state index in [1.165, 1.54) is 23.1 Å². The molecular weight excluding hydrogens is 672 g/mol. The number of nitrogens with one attached hydrogen (secondary N) is 3. The van der Waals surface area contributed by atoms with Crippen LogP contribution >= 0.6 is 0 Å². The molecule has 1 amide bonds. The maximum absolute atomic E-state index is 14.7. The maximum Gasteiger partial charge on any atom is 0.411 e. The van der Waals surface area contributed by atoms with Crippen LogP contribution in [-0.2, 0) is 11.2 Å². The van der Waals surface area contributed by atoms with Crippen molar-refractivity contribution in [2.24, 2.45) is 5.92 Å². The fourth-order valence-electron chi connectivity index (χ4n) is 8.61. The number of H-pyrrole nitrogens is 2. The second kappa shape index (κ2) is 11.6. The lowest BCUT2D eigenvalue weighted by Gasteiger charge is -2.31. The van der Waals surface area contributed by atoms with E-state index in [0.717, 1.165) is 45.7 Å². The SMILES string of the molecule is CC(C)(C)OC(=O)N1CC(F)(F)C[C@H]1c1nc2cc(-c3ccc(-c4ccc(-c5cnc([C@@H]6CC(F)(F)CN6)[nH]5)cc4)c4c3CC3CCC43)ccc2[nH]1. The van der Waals surface area contributed by atoms with E-state index in [1.807, 2.05) is 30.3 Å². The minimum absolute atomic E-state index is 0.269. The Bertz CT molecular complexity index is 2200. The van der Waals surface area contributed by atoms with E-state index in [0.29, 0.717) is 34.5 Å². The molecule has 2 aliphatic heterocycles. The van der Waals surface area contributed by atoms with Gasteiger partial charge in [0.2, 0.25) is 0 Å². The highest BCUT2D eigenvalue weighted by molar-refractivity contribution is 5.86. The first kappa shape index (κ1) is 33.1. The molecule has 3 fully saturated rings. The molecule has 3 N–H and O–H groups in total. The summed E-state index contributed by atoms with van der Waals surface area (Å²) in [6, 6.07) is 17.3. The van der Waals surface area contributed by atoms with Gasteiger partial charge in [-0.15, -0.1) is 0 Å². The van der Waals surface area contributed by atoms with Crippen molar-refractivity contribution in [2.45, 2.75) is 88.3 Å². The van der Waals surface area contributed by atoms with E-state index in [1.54, 1.807) is 27.0 Å². The van der Waals surface area contributed by atoms with E-state index >= 15 is 0 Å². The third-order valence-corrected chi connectivity index (χ3v) is 11.2. The highest BCUT2D eigenvalue weighted by atomic mass is 19.3. The van der Waals surface area contributed by atoms with Gasteiger partial charge in [0.25, 0.3) is 11.8 Å². The molecule has 0 spiro atoms. The molecule has 52 heavy (non-hydrogen) atoms. The Morgan fingerprint density at radius 2 is 1.63 bits per heavy atom. The van der Waals surface area contributed by atoms with Crippen molar-refractivity contribution in [2.75, 3.05) is 13.1 Å². The van der Waals surface area contributed by atoms with E-state index in [-0.39, 0.29) is 13.0 Å². The number of rotatable bonds is 5. The van der Waals surface area contributed by atoms with Gasteiger partial charge >= 0.3 is 6.09 Å². The van der Waals surface area contributed by atoms with Crippen molar-refractivity contribution < 1.29 is 27.1 Å². The summed E-state index contributed by atoms with van der Waals surface area (Å²) in [7, 11) is 0. The van der Waals surface area contributed by atoms with Gasteiger partial charge in [-0.1, -0.05) is 42.5 Å². The van der Waals surface area contributed by atoms with Gasteiger partial charge in [-0.3, -0.25) is 4.90 Å². The molecule has 2 aromatic heterocycles. The molecule has 8 nitrogen and oxygen atoms in total. The summed E-state index contributed by atoms with van der Waals surface area (Å²) in [5.41, 5.74) is 9.50. The molecule has 0 bridgehead atoms. The number of halogens is 4. The van der Waals surface area contributed by atoms with Gasteiger partial charge in [-0.2, -0.15) is 0 Å². The van der Waals surface area contributed by atoms with Crippen LogP contribution in [0.15, 0.2) is 60.8 Å². The standard InChI is InChI=1S/C40H40F4N6O2/c1-38(2,3)52-37(51)50-20-40(43,44)17-33(50)36-47-29-13-9-24(15-30(29)48-36)25-11-12-26(34-27-10-8-23(27)14-28(25)34)21-4-6-22(7-5-21)32-18-45-35(49-32)31-16-39(41,42)19-46-31/h4-7,9,11-13,15,18,23,27,31,33,46H,8,10,14,16-17,19-20H2,1-3H3,(H,45,49)(H,47,48)/t23?,27?,31-,33-/m0/s1. The number of carbonyl (C=O) groups is 1.